The van der Waals surface area contributed by atoms with Crippen molar-refractivity contribution in [2.75, 3.05) is 17.2 Å². The Hall–Kier alpha value is -3.08. The minimum atomic E-state index is 0.521. The van der Waals surface area contributed by atoms with E-state index in [1.807, 2.05) is 37.3 Å². The first-order chi connectivity index (χ1) is 12.6. The van der Waals surface area contributed by atoms with Crippen LogP contribution in [0.5, 0.6) is 5.75 Å². The molecule has 26 heavy (non-hydrogen) atoms. The summed E-state index contributed by atoms with van der Waals surface area (Å²) < 4.78 is 5.45. The third-order valence-electron chi connectivity index (χ3n) is 3.93. The highest BCUT2D eigenvalue weighted by molar-refractivity contribution is 5.60. The van der Waals surface area contributed by atoms with Crippen molar-refractivity contribution >= 4 is 23.1 Å². The summed E-state index contributed by atoms with van der Waals surface area (Å²) in [4.78, 5) is 8.79. The Morgan fingerprint density at radius 2 is 1.54 bits per heavy atom. The quantitative estimate of drug-likeness (QED) is 0.591. The molecule has 0 unspecified atom stereocenters. The molecule has 0 radical (unpaired) electrons. The van der Waals surface area contributed by atoms with Gasteiger partial charge in [0.25, 0.3) is 0 Å². The maximum Gasteiger partial charge on any atom is 0.229 e. The number of anilines is 4. The van der Waals surface area contributed by atoms with Gasteiger partial charge < -0.3 is 15.4 Å². The molecule has 0 bridgehead atoms. The summed E-state index contributed by atoms with van der Waals surface area (Å²) >= 11 is 0. The van der Waals surface area contributed by atoms with Crippen molar-refractivity contribution in [1.82, 2.24) is 9.97 Å². The molecule has 1 aromatic heterocycles. The van der Waals surface area contributed by atoms with Gasteiger partial charge in [0.2, 0.25) is 5.95 Å². The van der Waals surface area contributed by atoms with Crippen molar-refractivity contribution in [3.8, 4) is 5.75 Å². The van der Waals surface area contributed by atoms with E-state index in [0.29, 0.717) is 18.5 Å². The van der Waals surface area contributed by atoms with E-state index in [1.54, 1.807) is 6.20 Å². The molecule has 134 valence electrons. The van der Waals surface area contributed by atoms with Gasteiger partial charge in [-0.3, -0.25) is 0 Å². The molecular formula is C21H24N4O. The van der Waals surface area contributed by atoms with Crippen LogP contribution in [0.15, 0.2) is 60.8 Å². The van der Waals surface area contributed by atoms with Crippen molar-refractivity contribution in [2.45, 2.75) is 26.7 Å². The van der Waals surface area contributed by atoms with Crippen LogP contribution in [-0.2, 0) is 0 Å². The second kappa shape index (κ2) is 8.34. The van der Waals surface area contributed by atoms with Gasteiger partial charge in [-0.1, -0.05) is 26.0 Å². The van der Waals surface area contributed by atoms with Crippen LogP contribution in [0.1, 0.15) is 32.3 Å². The van der Waals surface area contributed by atoms with Crippen molar-refractivity contribution in [1.29, 1.82) is 0 Å². The molecule has 0 aliphatic carbocycles. The molecule has 5 nitrogen and oxygen atoms in total. The minimum absolute atomic E-state index is 0.521. The van der Waals surface area contributed by atoms with Crippen LogP contribution in [0, 0.1) is 0 Å². The van der Waals surface area contributed by atoms with Gasteiger partial charge in [-0.25, -0.2) is 4.98 Å². The lowest BCUT2D eigenvalue weighted by molar-refractivity contribution is 0.340. The van der Waals surface area contributed by atoms with Gasteiger partial charge in [0.05, 0.1) is 6.61 Å². The molecule has 2 aromatic carbocycles. The van der Waals surface area contributed by atoms with Crippen LogP contribution in [-0.4, -0.2) is 16.6 Å². The van der Waals surface area contributed by atoms with Crippen LogP contribution >= 0.6 is 0 Å². The largest absolute Gasteiger partial charge is 0.494 e. The van der Waals surface area contributed by atoms with Gasteiger partial charge in [-0.05, 0) is 60.9 Å². The lowest BCUT2D eigenvalue weighted by atomic mass is 10.0. The maximum atomic E-state index is 5.45. The maximum absolute atomic E-state index is 5.45. The smallest absolute Gasteiger partial charge is 0.229 e. The summed E-state index contributed by atoms with van der Waals surface area (Å²) in [5.74, 6) is 2.65. The molecular weight excluding hydrogens is 324 g/mol. The predicted molar refractivity (Wildman–Crippen MR) is 107 cm³/mol. The first-order valence-corrected chi connectivity index (χ1v) is 8.84. The van der Waals surface area contributed by atoms with Crippen molar-refractivity contribution in [3.63, 3.8) is 0 Å². The molecule has 3 rings (SSSR count). The fraction of sp³-hybridized carbons (Fsp3) is 0.238. The van der Waals surface area contributed by atoms with E-state index < -0.39 is 0 Å². The number of nitrogens with one attached hydrogen (secondary N) is 2. The summed E-state index contributed by atoms with van der Waals surface area (Å²) in [6.07, 6.45) is 1.73. The third-order valence-corrected chi connectivity index (χ3v) is 3.93. The van der Waals surface area contributed by atoms with Crippen LogP contribution in [0.3, 0.4) is 0 Å². The van der Waals surface area contributed by atoms with Gasteiger partial charge >= 0.3 is 0 Å². The highest BCUT2D eigenvalue weighted by Crippen LogP contribution is 2.21. The predicted octanol–water partition coefficient (Wildman–Crippen LogP) is 5.49. The zero-order chi connectivity index (χ0) is 18.4. The van der Waals surface area contributed by atoms with E-state index in [4.69, 9.17) is 4.74 Å². The molecule has 0 saturated heterocycles. The Balaban J connectivity index is 1.67. The first-order valence-electron chi connectivity index (χ1n) is 8.84. The number of hydrogen-bond acceptors (Lipinski definition) is 5. The number of benzene rings is 2. The molecule has 0 saturated carbocycles. The van der Waals surface area contributed by atoms with E-state index in [0.717, 1.165) is 22.9 Å². The van der Waals surface area contributed by atoms with Gasteiger partial charge in [0.1, 0.15) is 11.6 Å². The minimum Gasteiger partial charge on any atom is -0.494 e. The molecule has 3 aromatic rings. The highest BCUT2D eigenvalue weighted by atomic mass is 16.5. The Labute approximate surface area is 154 Å². The molecule has 0 amide bonds. The Morgan fingerprint density at radius 1 is 0.885 bits per heavy atom. The standard InChI is InChI=1S/C21H24N4O/c1-4-26-19-11-9-18(10-12-19)24-21-22-14-13-20(25-21)23-17-7-5-16(6-8-17)15(2)3/h5-15H,4H2,1-3H3,(H2,22,23,24,25). The Kier molecular flexibility index (Phi) is 5.69. The molecule has 0 aliphatic rings. The van der Waals surface area contributed by atoms with Crippen LogP contribution in [0.2, 0.25) is 0 Å². The second-order valence-electron chi connectivity index (χ2n) is 6.25. The zero-order valence-electron chi connectivity index (χ0n) is 15.4. The van der Waals surface area contributed by atoms with Gasteiger partial charge in [0.15, 0.2) is 0 Å². The lowest BCUT2D eigenvalue weighted by Crippen LogP contribution is -2.00. The summed E-state index contributed by atoms with van der Waals surface area (Å²) in [5.41, 5.74) is 3.23. The van der Waals surface area contributed by atoms with E-state index in [1.165, 1.54) is 5.56 Å². The number of hydrogen-bond donors (Lipinski definition) is 2. The molecule has 1 heterocycles. The van der Waals surface area contributed by atoms with Crippen molar-refractivity contribution in [3.05, 3.63) is 66.4 Å². The first kappa shape index (κ1) is 17.7. The summed E-state index contributed by atoms with van der Waals surface area (Å²) in [7, 11) is 0. The van der Waals surface area contributed by atoms with Crippen molar-refractivity contribution < 1.29 is 4.74 Å². The van der Waals surface area contributed by atoms with E-state index in [2.05, 4.69) is 58.7 Å². The van der Waals surface area contributed by atoms with E-state index in [-0.39, 0.29) is 0 Å². The van der Waals surface area contributed by atoms with Crippen LogP contribution in [0.25, 0.3) is 0 Å². The SMILES string of the molecule is CCOc1ccc(Nc2nccc(Nc3ccc(C(C)C)cc3)n2)cc1. The number of ether oxygens (including phenoxy) is 1. The van der Waals surface area contributed by atoms with Crippen LogP contribution in [0.4, 0.5) is 23.1 Å². The Bertz CT molecular complexity index is 829. The molecule has 0 atom stereocenters. The summed E-state index contributed by atoms with van der Waals surface area (Å²) in [6, 6.07) is 18.0. The average Bonchev–Trinajstić information content (AvgIpc) is 2.64. The van der Waals surface area contributed by atoms with Gasteiger partial charge in [-0.15, -0.1) is 0 Å². The van der Waals surface area contributed by atoms with Gasteiger partial charge in [0, 0.05) is 17.6 Å². The molecule has 0 spiro atoms. The number of rotatable bonds is 7. The van der Waals surface area contributed by atoms with Gasteiger partial charge in [-0.2, -0.15) is 4.98 Å². The number of aromatic nitrogens is 2. The third kappa shape index (κ3) is 4.72. The lowest BCUT2D eigenvalue weighted by Gasteiger charge is -2.10. The molecule has 2 N–H and O–H groups in total. The van der Waals surface area contributed by atoms with Crippen molar-refractivity contribution in [2.24, 2.45) is 0 Å². The highest BCUT2D eigenvalue weighted by Gasteiger charge is 2.03. The molecule has 5 heteroatoms. The number of nitrogens with zero attached hydrogens (tertiary/aromatic N) is 2. The van der Waals surface area contributed by atoms with E-state index >= 15 is 0 Å². The summed E-state index contributed by atoms with van der Waals surface area (Å²) in [6.45, 7) is 6.99. The normalized spacial score (nSPS) is 10.6. The molecule has 0 aliphatic heterocycles. The van der Waals surface area contributed by atoms with Crippen LogP contribution < -0.4 is 15.4 Å². The summed E-state index contributed by atoms with van der Waals surface area (Å²) in [5, 5.41) is 6.52. The fourth-order valence-corrected chi connectivity index (χ4v) is 2.52. The molecule has 0 fully saturated rings. The average molecular weight is 348 g/mol. The van der Waals surface area contributed by atoms with E-state index in [9.17, 15) is 0 Å². The topological polar surface area (TPSA) is 59.1 Å². The fourth-order valence-electron chi connectivity index (χ4n) is 2.52. The Morgan fingerprint density at radius 3 is 2.19 bits per heavy atom. The second-order valence-corrected chi connectivity index (χ2v) is 6.25. The monoisotopic (exact) mass is 348 g/mol. The zero-order valence-corrected chi connectivity index (χ0v) is 15.4.